The minimum absolute atomic E-state index is 0.325. The molecule has 0 aliphatic rings. The van der Waals surface area contributed by atoms with Crippen LogP contribution in [0.15, 0.2) is 18.2 Å². The van der Waals surface area contributed by atoms with E-state index in [1.807, 2.05) is 0 Å². The zero-order valence-electron chi connectivity index (χ0n) is 8.48. The van der Waals surface area contributed by atoms with Crippen LogP contribution in [0, 0.1) is 11.5 Å². The van der Waals surface area contributed by atoms with E-state index in [1.165, 1.54) is 13.2 Å². The van der Waals surface area contributed by atoms with Crippen molar-refractivity contribution in [3.8, 4) is 11.9 Å². The van der Waals surface area contributed by atoms with E-state index >= 15 is 0 Å². The maximum Gasteiger partial charge on any atom is 0.324 e. The second kappa shape index (κ2) is 5.24. The molecule has 0 amide bonds. The van der Waals surface area contributed by atoms with Gasteiger partial charge in [0.25, 0.3) is 0 Å². The van der Waals surface area contributed by atoms with Crippen molar-refractivity contribution < 1.29 is 14.6 Å². The molecule has 0 spiro atoms. The number of anilines is 1. The van der Waals surface area contributed by atoms with E-state index in [9.17, 15) is 4.79 Å². The van der Waals surface area contributed by atoms with Crippen molar-refractivity contribution in [3.05, 3.63) is 23.2 Å². The lowest BCUT2D eigenvalue weighted by atomic mass is 10.3. The summed E-state index contributed by atoms with van der Waals surface area (Å²) in [5.41, 5.74) is 0.413. The van der Waals surface area contributed by atoms with Crippen LogP contribution in [0.25, 0.3) is 0 Å². The molecule has 16 heavy (non-hydrogen) atoms. The summed E-state index contributed by atoms with van der Waals surface area (Å²) in [6, 6.07) is 4.62. The monoisotopic (exact) mass is 240 g/mol. The quantitative estimate of drug-likeness (QED) is 0.641. The molecule has 0 fully saturated rings. The van der Waals surface area contributed by atoms with E-state index in [0.717, 1.165) is 4.90 Å². The Morgan fingerprint density at radius 1 is 1.69 bits per heavy atom. The maximum absolute atomic E-state index is 10.5. The van der Waals surface area contributed by atoms with Gasteiger partial charge in [0.15, 0.2) is 6.19 Å². The van der Waals surface area contributed by atoms with Crippen LogP contribution < -0.4 is 9.64 Å². The molecule has 0 aliphatic heterocycles. The number of hydrogen-bond donors (Lipinski definition) is 1. The van der Waals surface area contributed by atoms with Gasteiger partial charge in [0.2, 0.25) is 0 Å². The molecule has 1 rings (SSSR count). The fourth-order valence-electron chi connectivity index (χ4n) is 1.14. The number of methoxy groups -OCH3 is 1. The normalized spacial score (nSPS) is 9.31. The standard InChI is InChI=1S/C10H9ClN2O3/c1-16-9-3-2-7(4-8(9)11)13(6-12)5-10(14)15/h2-4H,5H2,1H3,(H,14,15). The number of nitrogens with zero attached hydrogens (tertiary/aromatic N) is 2. The van der Waals surface area contributed by atoms with Crippen molar-refractivity contribution in [3.63, 3.8) is 0 Å². The number of carboxylic acids is 1. The lowest BCUT2D eigenvalue weighted by Crippen LogP contribution is -2.24. The molecular weight excluding hydrogens is 232 g/mol. The van der Waals surface area contributed by atoms with Crippen molar-refractivity contribution in [1.29, 1.82) is 5.26 Å². The van der Waals surface area contributed by atoms with Crippen LogP contribution in [0.3, 0.4) is 0 Å². The molecule has 0 aromatic heterocycles. The number of carbonyl (C=O) groups is 1. The number of aliphatic carboxylic acids is 1. The van der Waals surface area contributed by atoms with Crippen molar-refractivity contribution in [2.24, 2.45) is 0 Å². The molecule has 84 valence electrons. The number of halogens is 1. The minimum Gasteiger partial charge on any atom is -0.495 e. The molecular formula is C10H9ClN2O3. The SMILES string of the molecule is COc1ccc(N(C#N)CC(=O)O)cc1Cl. The van der Waals surface area contributed by atoms with Crippen molar-refractivity contribution in [2.75, 3.05) is 18.6 Å². The van der Waals surface area contributed by atoms with Crippen LogP contribution in [0.1, 0.15) is 0 Å². The highest BCUT2D eigenvalue weighted by molar-refractivity contribution is 6.32. The summed E-state index contributed by atoms with van der Waals surface area (Å²) in [5, 5.41) is 17.7. The fraction of sp³-hybridized carbons (Fsp3) is 0.200. The van der Waals surface area contributed by atoms with Crippen LogP contribution in [-0.2, 0) is 4.79 Å². The van der Waals surface area contributed by atoms with Gasteiger partial charge < -0.3 is 9.84 Å². The van der Waals surface area contributed by atoms with Gasteiger partial charge in [-0.2, -0.15) is 5.26 Å². The average Bonchev–Trinajstić information content (AvgIpc) is 2.25. The lowest BCUT2D eigenvalue weighted by Gasteiger charge is -2.14. The highest BCUT2D eigenvalue weighted by Crippen LogP contribution is 2.28. The summed E-state index contributed by atoms with van der Waals surface area (Å²) < 4.78 is 4.94. The number of carboxylic acid groups (broad SMARTS) is 1. The molecule has 5 nitrogen and oxygen atoms in total. The molecule has 1 aromatic carbocycles. The van der Waals surface area contributed by atoms with E-state index in [0.29, 0.717) is 16.5 Å². The fourth-order valence-corrected chi connectivity index (χ4v) is 1.39. The highest BCUT2D eigenvalue weighted by atomic mass is 35.5. The lowest BCUT2D eigenvalue weighted by molar-refractivity contribution is -0.135. The van der Waals surface area contributed by atoms with Gasteiger partial charge in [-0.3, -0.25) is 9.69 Å². The summed E-state index contributed by atoms with van der Waals surface area (Å²) in [4.78, 5) is 11.5. The topological polar surface area (TPSA) is 73.6 Å². The van der Waals surface area contributed by atoms with Crippen LogP contribution in [-0.4, -0.2) is 24.7 Å². The summed E-state index contributed by atoms with van der Waals surface area (Å²) in [6.45, 7) is -0.404. The third-order valence-electron chi connectivity index (χ3n) is 1.86. The molecule has 0 saturated heterocycles. The van der Waals surface area contributed by atoms with E-state index in [2.05, 4.69) is 0 Å². The van der Waals surface area contributed by atoms with Gasteiger partial charge >= 0.3 is 5.97 Å². The summed E-state index contributed by atoms with van der Waals surface area (Å²) in [5.74, 6) is -0.618. The van der Waals surface area contributed by atoms with Gasteiger partial charge in [0.05, 0.1) is 17.8 Å². The largest absolute Gasteiger partial charge is 0.495 e. The highest BCUT2D eigenvalue weighted by Gasteiger charge is 2.11. The third kappa shape index (κ3) is 2.78. The van der Waals surface area contributed by atoms with Crippen molar-refractivity contribution in [2.45, 2.75) is 0 Å². The third-order valence-corrected chi connectivity index (χ3v) is 2.16. The summed E-state index contributed by atoms with van der Waals surface area (Å²) in [7, 11) is 1.47. The van der Waals surface area contributed by atoms with Crippen molar-refractivity contribution in [1.82, 2.24) is 0 Å². The zero-order valence-corrected chi connectivity index (χ0v) is 9.23. The van der Waals surface area contributed by atoms with E-state index in [4.69, 9.17) is 26.7 Å². The molecule has 0 heterocycles. The Hall–Kier alpha value is -1.93. The first-order chi connectivity index (χ1) is 7.58. The number of hydrogen-bond acceptors (Lipinski definition) is 4. The first kappa shape index (κ1) is 12.1. The van der Waals surface area contributed by atoms with Crippen LogP contribution in [0.5, 0.6) is 5.75 Å². The first-order valence-corrected chi connectivity index (χ1v) is 4.69. The number of ether oxygens (including phenoxy) is 1. The molecule has 1 N–H and O–H groups in total. The van der Waals surface area contributed by atoms with Crippen LogP contribution in [0.2, 0.25) is 5.02 Å². The number of benzene rings is 1. The average molecular weight is 241 g/mol. The summed E-state index contributed by atoms with van der Waals surface area (Å²) >= 11 is 5.86. The Balaban J connectivity index is 2.99. The molecule has 0 unspecified atom stereocenters. The van der Waals surface area contributed by atoms with E-state index < -0.39 is 12.5 Å². The molecule has 0 atom stereocenters. The maximum atomic E-state index is 10.5. The van der Waals surface area contributed by atoms with E-state index in [1.54, 1.807) is 18.3 Å². The van der Waals surface area contributed by atoms with Crippen LogP contribution in [0.4, 0.5) is 5.69 Å². The minimum atomic E-state index is -1.09. The second-order valence-electron chi connectivity index (χ2n) is 2.90. The smallest absolute Gasteiger partial charge is 0.324 e. The molecule has 6 heteroatoms. The molecule has 0 bridgehead atoms. The molecule has 0 radical (unpaired) electrons. The van der Waals surface area contributed by atoms with E-state index in [-0.39, 0.29) is 0 Å². The first-order valence-electron chi connectivity index (χ1n) is 4.31. The number of rotatable bonds is 4. The Kier molecular flexibility index (Phi) is 3.97. The Labute approximate surface area is 97.4 Å². The summed E-state index contributed by atoms with van der Waals surface area (Å²) in [6.07, 6.45) is 1.77. The Morgan fingerprint density at radius 3 is 2.81 bits per heavy atom. The molecule has 0 saturated carbocycles. The van der Waals surface area contributed by atoms with Gasteiger partial charge in [0.1, 0.15) is 12.3 Å². The van der Waals surface area contributed by atoms with Crippen molar-refractivity contribution >= 4 is 23.3 Å². The molecule has 1 aromatic rings. The second-order valence-corrected chi connectivity index (χ2v) is 3.31. The van der Waals surface area contributed by atoms with Gasteiger partial charge in [-0.25, -0.2) is 0 Å². The predicted octanol–water partition coefficient (Wildman–Crippen LogP) is 1.72. The Morgan fingerprint density at radius 2 is 2.38 bits per heavy atom. The Bertz CT molecular complexity index is 442. The van der Waals surface area contributed by atoms with Gasteiger partial charge in [-0.05, 0) is 18.2 Å². The van der Waals surface area contributed by atoms with Gasteiger partial charge in [0, 0.05) is 0 Å². The van der Waals surface area contributed by atoms with Gasteiger partial charge in [-0.1, -0.05) is 11.6 Å². The van der Waals surface area contributed by atoms with Crippen LogP contribution >= 0.6 is 11.6 Å². The van der Waals surface area contributed by atoms with Gasteiger partial charge in [-0.15, -0.1) is 0 Å². The molecule has 0 aliphatic carbocycles. The predicted molar refractivity (Wildman–Crippen MR) is 58.6 cm³/mol. The zero-order chi connectivity index (χ0) is 12.1. The number of nitriles is 1.